The van der Waals surface area contributed by atoms with Crippen LogP contribution in [-0.4, -0.2) is 68.1 Å². The molecule has 0 atom stereocenters. The molecule has 5 heterocycles. The van der Waals surface area contributed by atoms with Crippen LogP contribution < -0.4 is 9.80 Å². The van der Waals surface area contributed by atoms with Crippen molar-refractivity contribution in [1.82, 2.24) is 39.9 Å². The zero-order chi connectivity index (χ0) is 34.5. The molecule has 0 fully saturated rings. The molecule has 10 nitrogen and oxygen atoms in total. The highest BCUT2D eigenvalue weighted by Gasteiger charge is 2.27. The van der Waals surface area contributed by atoms with E-state index in [0.717, 1.165) is 134 Å². The van der Waals surface area contributed by atoms with Crippen LogP contribution in [-0.2, 0) is 12.8 Å². The number of nitrogens with zero attached hydrogens (tertiary/aromatic N) is 8. The molecule has 5 rings (SSSR count). The highest BCUT2D eigenvalue weighted by atomic mass is 15.2. The molecule has 0 unspecified atom stereocenters. The van der Waals surface area contributed by atoms with Crippen molar-refractivity contribution in [2.24, 2.45) is 0 Å². The Bertz CT molecular complexity index is 1850. The van der Waals surface area contributed by atoms with Gasteiger partial charge in [0.15, 0.2) is 34.6 Å². The van der Waals surface area contributed by atoms with Gasteiger partial charge in [0.1, 0.15) is 22.7 Å². The number of aryl methyl sites for hydroxylation is 2. The lowest BCUT2D eigenvalue weighted by Gasteiger charge is -2.18. The summed E-state index contributed by atoms with van der Waals surface area (Å²) in [6.45, 7) is 13.3. The molecule has 2 aliphatic rings. The van der Waals surface area contributed by atoms with Gasteiger partial charge in [-0.2, -0.15) is 0 Å². The molecular formula is C38H56N10. The maximum Gasteiger partial charge on any atom is 0.160 e. The third kappa shape index (κ3) is 6.76. The topological polar surface area (TPSA) is 115 Å². The summed E-state index contributed by atoms with van der Waals surface area (Å²) >= 11 is 0. The molecule has 0 amide bonds. The molecule has 3 aromatic rings. The Hall–Kier alpha value is -4.08. The van der Waals surface area contributed by atoms with Gasteiger partial charge in [0, 0.05) is 61.6 Å². The van der Waals surface area contributed by atoms with Crippen LogP contribution in [0.25, 0.3) is 44.9 Å². The first-order valence-electron chi connectivity index (χ1n) is 18.3. The lowest BCUT2D eigenvalue weighted by molar-refractivity contribution is 0.873. The van der Waals surface area contributed by atoms with E-state index in [2.05, 4.69) is 89.5 Å². The zero-order valence-electron chi connectivity index (χ0n) is 31.1. The second-order valence-corrected chi connectivity index (χ2v) is 13.5. The number of hydrogen-bond donors (Lipinski definition) is 2. The van der Waals surface area contributed by atoms with Crippen molar-refractivity contribution in [3.8, 4) is 0 Å². The molecule has 0 aromatic carbocycles. The number of rotatable bonds is 14. The van der Waals surface area contributed by atoms with E-state index in [1.807, 2.05) is 0 Å². The number of hydrogen-bond acceptors (Lipinski definition) is 8. The molecule has 258 valence electrons. The minimum Gasteiger partial charge on any atom is -0.373 e. The molecule has 10 heteroatoms. The first kappa shape index (κ1) is 35.2. The van der Waals surface area contributed by atoms with Crippen LogP contribution in [0.4, 0.5) is 11.4 Å². The van der Waals surface area contributed by atoms with Gasteiger partial charge < -0.3 is 19.8 Å². The fourth-order valence-electron chi connectivity index (χ4n) is 7.10. The third-order valence-electron chi connectivity index (χ3n) is 9.08. The van der Waals surface area contributed by atoms with Gasteiger partial charge in [-0.15, -0.1) is 0 Å². The van der Waals surface area contributed by atoms with Crippen molar-refractivity contribution < 1.29 is 0 Å². The summed E-state index contributed by atoms with van der Waals surface area (Å²) in [7, 11) is 8.25. The fraction of sp³-hybridized carbons (Fsp3) is 0.579. The molecule has 2 aliphatic heterocycles. The predicted molar refractivity (Wildman–Crippen MR) is 202 cm³/mol. The van der Waals surface area contributed by atoms with Crippen molar-refractivity contribution in [3.05, 3.63) is 34.4 Å². The number of aromatic amines is 2. The first-order valence-corrected chi connectivity index (χ1v) is 18.3. The molecule has 0 radical (unpaired) electrons. The second-order valence-electron chi connectivity index (χ2n) is 13.5. The molecule has 0 aliphatic carbocycles. The number of fused-ring (bicyclic) bond motifs is 8. The minimum absolute atomic E-state index is 0.730. The quantitative estimate of drug-likeness (QED) is 0.177. The summed E-state index contributed by atoms with van der Waals surface area (Å²) in [6.07, 6.45) is 11.4. The SMILES string of the molecule is CCCC1=C(CCC)c2nc1nc1nc(nc3[nH]c(nc4[nH]c(n2)c(CCC)c4CCC)c(N(C)C)c3N(C)C)C(CCC)=C1CCC. The van der Waals surface area contributed by atoms with E-state index in [4.69, 9.17) is 29.9 Å². The normalized spacial score (nSPS) is 13.2. The molecule has 0 spiro atoms. The minimum atomic E-state index is 0.730. The molecule has 48 heavy (non-hydrogen) atoms. The zero-order valence-corrected chi connectivity index (χ0v) is 31.1. The average Bonchev–Trinajstić information content (AvgIpc) is 3.74. The standard InChI is InChI=1S/C38H56N10/c1-11-17-23-24(18-12-2)32-39-31(23)40-33-25(19-13-3)27(21-15-5)35(42-33)44-37-29(47(7)8)30(48(9)10)38(46-37)45-36-28(22-16-6)26(20-14-4)34(41-32)43-36/h11-22H2,1-10H3,(H2,39,40,41,42,43,44,45,46). The molecule has 2 N–H and O–H groups in total. The lowest BCUT2D eigenvalue weighted by atomic mass is 10.00. The Morgan fingerprint density at radius 2 is 0.667 bits per heavy atom. The van der Waals surface area contributed by atoms with Crippen molar-refractivity contribution in [2.45, 2.75) is 119 Å². The molecule has 0 saturated heterocycles. The van der Waals surface area contributed by atoms with Crippen molar-refractivity contribution in [3.63, 3.8) is 0 Å². The number of nitrogens with one attached hydrogen (secondary N) is 2. The lowest BCUT2D eigenvalue weighted by Crippen LogP contribution is -2.15. The Kier molecular flexibility index (Phi) is 11.3. The van der Waals surface area contributed by atoms with Gasteiger partial charge in [-0.05, 0) is 38.5 Å². The summed E-state index contributed by atoms with van der Waals surface area (Å²) in [4.78, 5) is 43.3. The number of aromatic nitrogens is 8. The van der Waals surface area contributed by atoms with Gasteiger partial charge >= 0.3 is 0 Å². The summed E-state index contributed by atoms with van der Waals surface area (Å²) in [5.74, 6) is 3.00. The smallest absolute Gasteiger partial charge is 0.160 e. The van der Waals surface area contributed by atoms with Crippen LogP contribution in [0, 0.1) is 0 Å². The molecular weight excluding hydrogens is 596 g/mol. The van der Waals surface area contributed by atoms with E-state index >= 15 is 0 Å². The highest BCUT2D eigenvalue weighted by molar-refractivity contribution is 5.96. The summed E-state index contributed by atoms with van der Waals surface area (Å²) < 4.78 is 0. The van der Waals surface area contributed by atoms with Gasteiger partial charge in [-0.3, -0.25) is 0 Å². The number of allylic oxidation sites excluding steroid dienone is 4. The van der Waals surface area contributed by atoms with Gasteiger partial charge in [0.05, 0.1) is 0 Å². The van der Waals surface area contributed by atoms with Crippen LogP contribution in [0.2, 0.25) is 0 Å². The predicted octanol–water partition coefficient (Wildman–Crippen LogP) is 8.95. The van der Waals surface area contributed by atoms with Gasteiger partial charge in [0.25, 0.3) is 0 Å². The molecule has 8 bridgehead atoms. The van der Waals surface area contributed by atoms with Crippen molar-refractivity contribution >= 4 is 56.3 Å². The van der Waals surface area contributed by atoms with E-state index < -0.39 is 0 Å². The van der Waals surface area contributed by atoms with Crippen LogP contribution in [0.5, 0.6) is 0 Å². The number of H-pyrrole nitrogens is 2. The number of anilines is 2. The Labute approximate surface area is 286 Å². The second kappa shape index (κ2) is 15.4. The van der Waals surface area contributed by atoms with E-state index in [-0.39, 0.29) is 0 Å². The highest BCUT2D eigenvalue weighted by Crippen LogP contribution is 2.39. The maximum absolute atomic E-state index is 5.35. The van der Waals surface area contributed by atoms with Crippen molar-refractivity contribution in [2.75, 3.05) is 38.0 Å². The van der Waals surface area contributed by atoms with Gasteiger partial charge in [0.2, 0.25) is 0 Å². The Morgan fingerprint density at radius 3 is 1.02 bits per heavy atom. The van der Waals surface area contributed by atoms with Gasteiger partial charge in [-0.1, -0.05) is 80.1 Å². The van der Waals surface area contributed by atoms with Crippen LogP contribution in [0.3, 0.4) is 0 Å². The van der Waals surface area contributed by atoms with E-state index in [9.17, 15) is 0 Å². The van der Waals surface area contributed by atoms with Crippen LogP contribution >= 0.6 is 0 Å². The molecule has 0 saturated carbocycles. The maximum atomic E-state index is 5.35. The fourth-order valence-corrected chi connectivity index (χ4v) is 7.10. The van der Waals surface area contributed by atoms with E-state index in [0.29, 0.717) is 0 Å². The van der Waals surface area contributed by atoms with Crippen molar-refractivity contribution in [1.29, 1.82) is 0 Å². The Balaban J connectivity index is 2.05. The Morgan fingerprint density at radius 1 is 0.375 bits per heavy atom. The summed E-state index contributed by atoms with van der Waals surface area (Å²) in [6, 6.07) is 0. The summed E-state index contributed by atoms with van der Waals surface area (Å²) in [5, 5.41) is 0. The molecule has 3 aromatic heterocycles. The first-order chi connectivity index (χ1) is 23.2. The summed E-state index contributed by atoms with van der Waals surface area (Å²) in [5.41, 5.74) is 12.4. The van der Waals surface area contributed by atoms with Gasteiger partial charge in [-0.25, -0.2) is 29.9 Å². The van der Waals surface area contributed by atoms with E-state index in [1.165, 1.54) is 33.4 Å². The third-order valence-corrected chi connectivity index (χ3v) is 9.08. The monoisotopic (exact) mass is 652 g/mol. The average molecular weight is 653 g/mol. The van der Waals surface area contributed by atoms with E-state index in [1.54, 1.807) is 0 Å². The largest absolute Gasteiger partial charge is 0.373 e. The van der Waals surface area contributed by atoms with Crippen LogP contribution in [0.1, 0.15) is 140 Å². The van der Waals surface area contributed by atoms with Crippen LogP contribution in [0.15, 0.2) is 0 Å².